The van der Waals surface area contributed by atoms with Crippen LogP contribution in [0.5, 0.6) is 5.75 Å². The van der Waals surface area contributed by atoms with Crippen LogP contribution in [0.4, 0.5) is 5.69 Å². The summed E-state index contributed by atoms with van der Waals surface area (Å²) in [6, 6.07) is 6.55. The lowest BCUT2D eigenvalue weighted by Crippen LogP contribution is -2.44. The number of nitrogens with one attached hydrogen (secondary N) is 3. The van der Waals surface area contributed by atoms with Gasteiger partial charge in [0.15, 0.2) is 5.60 Å². The summed E-state index contributed by atoms with van der Waals surface area (Å²) in [7, 11) is 0. The van der Waals surface area contributed by atoms with E-state index in [1.54, 1.807) is 38.1 Å². The molecule has 122 valence electrons. The molecule has 23 heavy (non-hydrogen) atoms. The smallest absolute Gasteiger partial charge is 0.326 e. The summed E-state index contributed by atoms with van der Waals surface area (Å²) in [5, 5.41) is 3.02. The first-order valence-electron chi connectivity index (χ1n) is 6.78. The number of halogens is 1. The van der Waals surface area contributed by atoms with Crippen LogP contribution in [0.15, 0.2) is 33.9 Å². The van der Waals surface area contributed by atoms with Crippen LogP contribution in [0.2, 0.25) is 5.02 Å². The van der Waals surface area contributed by atoms with Crippen LogP contribution >= 0.6 is 11.6 Å². The van der Waals surface area contributed by atoms with Crippen LogP contribution in [0, 0.1) is 6.92 Å². The van der Waals surface area contributed by atoms with Gasteiger partial charge in [-0.3, -0.25) is 14.6 Å². The second kappa shape index (κ2) is 6.29. The maximum Gasteiger partial charge on any atom is 0.326 e. The largest absolute Gasteiger partial charge is 0.478 e. The molecule has 3 N–H and O–H groups in total. The summed E-state index contributed by atoms with van der Waals surface area (Å²) in [6.07, 6.45) is 0. The number of amides is 1. The van der Waals surface area contributed by atoms with E-state index < -0.39 is 22.8 Å². The zero-order valence-electron chi connectivity index (χ0n) is 12.8. The molecule has 1 amide bonds. The maximum absolute atomic E-state index is 12.4. The summed E-state index contributed by atoms with van der Waals surface area (Å²) in [5.74, 6) is -0.0743. The van der Waals surface area contributed by atoms with Crippen LogP contribution < -0.4 is 21.3 Å². The van der Waals surface area contributed by atoms with Crippen molar-refractivity contribution in [1.82, 2.24) is 9.97 Å². The van der Waals surface area contributed by atoms with E-state index in [4.69, 9.17) is 16.3 Å². The third-order valence-corrected chi connectivity index (χ3v) is 3.35. The summed E-state index contributed by atoms with van der Waals surface area (Å²) < 4.78 is 5.64. The van der Waals surface area contributed by atoms with Gasteiger partial charge in [-0.2, -0.15) is 0 Å². The van der Waals surface area contributed by atoms with Crippen molar-refractivity contribution in [3.8, 4) is 5.75 Å². The third kappa shape index (κ3) is 4.01. The van der Waals surface area contributed by atoms with Gasteiger partial charge in [0, 0.05) is 10.7 Å². The summed E-state index contributed by atoms with van der Waals surface area (Å²) in [6.45, 7) is 4.64. The molecule has 0 spiro atoms. The molecule has 0 aliphatic carbocycles. The Kier molecular flexibility index (Phi) is 4.60. The van der Waals surface area contributed by atoms with Crippen molar-refractivity contribution in [2.45, 2.75) is 26.4 Å². The van der Waals surface area contributed by atoms with E-state index in [1.807, 2.05) is 0 Å². The molecule has 0 aliphatic rings. The molecule has 8 heteroatoms. The molecule has 1 aromatic carbocycles. The molecule has 0 saturated heterocycles. The fourth-order valence-corrected chi connectivity index (χ4v) is 1.98. The Balaban J connectivity index is 2.20. The number of aromatic nitrogens is 2. The number of hydrogen-bond donors (Lipinski definition) is 3. The number of anilines is 1. The molecule has 2 rings (SSSR count). The molecule has 0 fully saturated rings. The lowest BCUT2D eigenvalue weighted by molar-refractivity contribution is -0.128. The van der Waals surface area contributed by atoms with Gasteiger partial charge in [-0.1, -0.05) is 11.6 Å². The lowest BCUT2D eigenvalue weighted by atomic mass is 10.1. The van der Waals surface area contributed by atoms with E-state index >= 15 is 0 Å². The van der Waals surface area contributed by atoms with Crippen LogP contribution in [0.3, 0.4) is 0 Å². The Morgan fingerprint density at radius 1 is 1.17 bits per heavy atom. The number of H-pyrrole nitrogens is 2. The number of carbonyl (C=O) groups is 1. The Morgan fingerprint density at radius 3 is 2.35 bits per heavy atom. The molecule has 0 radical (unpaired) electrons. The van der Waals surface area contributed by atoms with E-state index in [9.17, 15) is 14.4 Å². The number of carbonyl (C=O) groups excluding carboxylic acids is 1. The highest BCUT2D eigenvalue weighted by Crippen LogP contribution is 2.21. The maximum atomic E-state index is 12.4. The van der Waals surface area contributed by atoms with Gasteiger partial charge >= 0.3 is 5.69 Å². The van der Waals surface area contributed by atoms with E-state index in [0.717, 1.165) is 0 Å². The predicted octanol–water partition coefficient (Wildman–Crippen LogP) is 1.82. The van der Waals surface area contributed by atoms with Gasteiger partial charge in [-0.15, -0.1) is 0 Å². The topological polar surface area (TPSA) is 104 Å². The number of hydrogen-bond acceptors (Lipinski definition) is 4. The lowest BCUT2D eigenvalue weighted by Gasteiger charge is -2.25. The Labute approximate surface area is 136 Å². The van der Waals surface area contributed by atoms with E-state index in [1.165, 1.54) is 6.92 Å². The molecule has 1 heterocycles. The Bertz CT molecular complexity index is 837. The van der Waals surface area contributed by atoms with Crippen molar-refractivity contribution in [1.29, 1.82) is 0 Å². The predicted molar refractivity (Wildman–Crippen MR) is 87.2 cm³/mol. The zero-order chi connectivity index (χ0) is 17.2. The van der Waals surface area contributed by atoms with Gasteiger partial charge in [0.1, 0.15) is 11.4 Å². The van der Waals surface area contributed by atoms with Gasteiger partial charge in [-0.25, -0.2) is 4.79 Å². The minimum Gasteiger partial charge on any atom is -0.478 e. The first-order chi connectivity index (χ1) is 10.7. The average molecular weight is 338 g/mol. The van der Waals surface area contributed by atoms with E-state index in [-0.39, 0.29) is 11.4 Å². The fraction of sp³-hybridized carbons (Fsp3) is 0.267. The van der Waals surface area contributed by atoms with E-state index in [2.05, 4.69) is 15.3 Å². The molecular formula is C15H16ClN3O4. The normalized spacial score (nSPS) is 11.1. The highest BCUT2D eigenvalue weighted by atomic mass is 35.5. The number of rotatable bonds is 4. The average Bonchev–Trinajstić information content (AvgIpc) is 2.44. The first-order valence-corrected chi connectivity index (χ1v) is 7.16. The number of aromatic amines is 2. The Hall–Kier alpha value is -2.54. The third-order valence-electron chi connectivity index (χ3n) is 3.10. The number of ether oxygens (including phenoxy) is 1. The summed E-state index contributed by atoms with van der Waals surface area (Å²) >= 11 is 5.80. The SMILES string of the molecule is Cc1[nH]c(=O)[nH]c(=O)c1NC(=O)C(C)(C)Oc1ccc(Cl)cc1. The molecule has 1 aromatic heterocycles. The molecule has 0 saturated carbocycles. The van der Waals surface area contributed by atoms with Gasteiger partial charge in [0.05, 0.1) is 0 Å². The van der Waals surface area contributed by atoms with Crippen molar-refractivity contribution < 1.29 is 9.53 Å². The summed E-state index contributed by atoms with van der Waals surface area (Å²) in [4.78, 5) is 39.8. The quantitative estimate of drug-likeness (QED) is 0.791. The van der Waals surface area contributed by atoms with Gasteiger partial charge in [0.25, 0.3) is 11.5 Å². The molecule has 0 unspecified atom stereocenters. The molecule has 0 bridgehead atoms. The van der Waals surface area contributed by atoms with Crippen LogP contribution in [-0.4, -0.2) is 21.5 Å². The van der Waals surface area contributed by atoms with Gasteiger partial charge in [0.2, 0.25) is 0 Å². The Morgan fingerprint density at radius 2 is 1.78 bits per heavy atom. The fourth-order valence-electron chi connectivity index (χ4n) is 1.86. The van der Waals surface area contributed by atoms with Gasteiger partial charge in [-0.05, 0) is 45.0 Å². The monoisotopic (exact) mass is 337 g/mol. The standard InChI is InChI=1S/C15H16ClN3O4/c1-8-11(12(20)19-14(22)17-8)18-13(21)15(2,3)23-10-6-4-9(16)5-7-10/h4-7H,1-3H3,(H,18,21)(H2,17,19,20,22). The summed E-state index contributed by atoms with van der Waals surface area (Å²) in [5.41, 5.74) is -2.33. The molecule has 7 nitrogen and oxygen atoms in total. The number of aryl methyl sites for hydroxylation is 1. The van der Waals surface area contributed by atoms with Crippen molar-refractivity contribution in [3.05, 3.63) is 55.8 Å². The minimum atomic E-state index is -1.25. The van der Waals surface area contributed by atoms with Crippen molar-refractivity contribution in [2.75, 3.05) is 5.32 Å². The molecule has 0 atom stereocenters. The zero-order valence-corrected chi connectivity index (χ0v) is 13.6. The van der Waals surface area contributed by atoms with Crippen LogP contribution in [0.25, 0.3) is 0 Å². The highest BCUT2D eigenvalue weighted by molar-refractivity contribution is 6.30. The van der Waals surface area contributed by atoms with Crippen LogP contribution in [-0.2, 0) is 4.79 Å². The van der Waals surface area contributed by atoms with Crippen LogP contribution in [0.1, 0.15) is 19.5 Å². The second-order valence-electron chi connectivity index (χ2n) is 5.43. The van der Waals surface area contributed by atoms with Gasteiger partial charge < -0.3 is 15.0 Å². The van der Waals surface area contributed by atoms with Crippen molar-refractivity contribution in [3.63, 3.8) is 0 Å². The highest BCUT2D eigenvalue weighted by Gasteiger charge is 2.31. The van der Waals surface area contributed by atoms with E-state index in [0.29, 0.717) is 10.8 Å². The number of benzene rings is 1. The first kappa shape index (κ1) is 16.8. The molecular weight excluding hydrogens is 322 g/mol. The van der Waals surface area contributed by atoms with Crippen molar-refractivity contribution >= 4 is 23.2 Å². The minimum absolute atomic E-state index is 0.0256. The van der Waals surface area contributed by atoms with Crippen molar-refractivity contribution in [2.24, 2.45) is 0 Å². The second-order valence-corrected chi connectivity index (χ2v) is 5.87. The molecule has 2 aromatic rings. The molecule has 0 aliphatic heterocycles.